The number of nitrogens with two attached hydrogens (primary N) is 1. The van der Waals surface area contributed by atoms with Crippen LogP contribution in [0.2, 0.25) is 5.02 Å². The van der Waals surface area contributed by atoms with E-state index in [4.69, 9.17) is 17.3 Å². The second kappa shape index (κ2) is 9.38. The molecule has 0 aliphatic carbocycles. The predicted molar refractivity (Wildman–Crippen MR) is 112 cm³/mol. The van der Waals surface area contributed by atoms with Gasteiger partial charge in [-0.15, -0.1) is 0 Å². The molecule has 7 nitrogen and oxygen atoms in total. The third-order valence-electron chi connectivity index (χ3n) is 3.81. The zero-order valence-corrected chi connectivity index (χ0v) is 16.4. The molecule has 0 atom stereocenters. The largest absolute Gasteiger partial charge is 0.385 e. The Morgan fingerprint density at radius 3 is 2.71 bits per heavy atom. The average molecular weight is 416 g/mol. The first kappa shape index (κ1) is 19.9. The van der Waals surface area contributed by atoms with E-state index >= 15 is 0 Å². The number of pyridine rings is 1. The summed E-state index contributed by atoms with van der Waals surface area (Å²) in [6, 6.07) is 14.5. The molecule has 0 unspecified atom stereocenters. The minimum Gasteiger partial charge on any atom is -0.385 e. The smallest absolute Gasteiger partial charge is 0.275 e. The molecule has 1 aromatic carbocycles. The lowest BCUT2D eigenvalue weighted by atomic mass is 10.1. The van der Waals surface area contributed by atoms with Gasteiger partial charge in [-0.2, -0.15) is 4.98 Å². The van der Waals surface area contributed by atoms with Gasteiger partial charge in [-0.05, 0) is 24.1 Å². The summed E-state index contributed by atoms with van der Waals surface area (Å²) in [7, 11) is 0. The summed E-state index contributed by atoms with van der Waals surface area (Å²) in [5.41, 5.74) is 6.72. The Balaban J connectivity index is 1.67. The number of anilines is 2. The van der Waals surface area contributed by atoms with E-state index in [0.717, 1.165) is 23.7 Å². The molecule has 2 aromatic heterocycles. The van der Waals surface area contributed by atoms with E-state index < -0.39 is 5.56 Å². The Bertz CT molecular complexity index is 1010. The van der Waals surface area contributed by atoms with Gasteiger partial charge in [0.1, 0.15) is 11.6 Å². The van der Waals surface area contributed by atoms with Crippen molar-refractivity contribution >= 4 is 40.9 Å². The first-order valence-electron chi connectivity index (χ1n) is 8.47. The number of carbonyl (C=O) groups excluding carboxylic acids is 1. The van der Waals surface area contributed by atoms with Crippen LogP contribution in [0.25, 0.3) is 0 Å². The van der Waals surface area contributed by atoms with Crippen LogP contribution >= 0.6 is 23.4 Å². The lowest BCUT2D eigenvalue weighted by Gasteiger charge is -2.14. The molecule has 0 bridgehead atoms. The van der Waals surface area contributed by atoms with E-state index in [0.29, 0.717) is 28.4 Å². The van der Waals surface area contributed by atoms with Crippen molar-refractivity contribution in [1.29, 1.82) is 0 Å². The minimum absolute atomic E-state index is 0.0610. The van der Waals surface area contributed by atoms with E-state index in [1.165, 1.54) is 12.3 Å². The summed E-state index contributed by atoms with van der Waals surface area (Å²) in [6.45, 7) is 0.547. The van der Waals surface area contributed by atoms with Gasteiger partial charge in [-0.3, -0.25) is 9.59 Å². The van der Waals surface area contributed by atoms with Gasteiger partial charge in [-0.1, -0.05) is 53.7 Å². The highest BCUT2D eigenvalue weighted by atomic mass is 35.5. The minimum atomic E-state index is -0.435. The van der Waals surface area contributed by atoms with Crippen LogP contribution in [0.1, 0.15) is 5.56 Å². The van der Waals surface area contributed by atoms with Crippen LogP contribution < -0.4 is 16.6 Å². The Hall–Kier alpha value is -2.84. The molecular formula is C19H18ClN5O2S. The zero-order valence-electron chi connectivity index (χ0n) is 14.8. The molecule has 0 fully saturated rings. The highest BCUT2D eigenvalue weighted by Gasteiger charge is 2.12. The molecule has 2 heterocycles. The summed E-state index contributed by atoms with van der Waals surface area (Å²) in [6.07, 6.45) is 2.18. The first-order chi connectivity index (χ1) is 13.5. The van der Waals surface area contributed by atoms with E-state index in [1.807, 2.05) is 30.3 Å². The van der Waals surface area contributed by atoms with Crippen LogP contribution in [0.4, 0.5) is 11.6 Å². The Labute approximate surface area is 171 Å². The number of aryl methyl sites for hydroxylation is 1. The van der Waals surface area contributed by atoms with Crippen LogP contribution in [-0.2, 0) is 17.8 Å². The van der Waals surface area contributed by atoms with Gasteiger partial charge in [0.05, 0.1) is 10.8 Å². The van der Waals surface area contributed by atoms with Crippen molar-refractivity contribution in [2.75, 3.05) is 16.8 Å². The van der Waals surface area contributed by atoms with Crippen LogP contribution in [-0.4, -0.2) is 26.2 Å². The van der Waals surface area contributed by atoms with Crippen LogP contribution in [0, 0.1) is 0 Å². The monoisotopic (exact) mass is 415 g/mol. The number of nitrogens with one attached hydrogen (secondary N) is 1. The fraction of sp³-hybridized carbons (Fsp3) is 0.158. The van der Waals surface area contributed by atoms with Gasteiger partial charge in [0, 0.05) is 18.8 Å². The molecule has 9 heteroatoms. The van der Waals surface area contributed by atoms with Crippen molar-refractivity contribution in [1.82, 2.24) is 14.5 Å². The normalized spacial score (nSPS) is 10.6. The van der Waals surface area contributed by atoms with Gasteiger partial charge in [0.2, 0.25) is 5.91 Å². The number of amides is 1. The molecule has 144 valence electrons. The third kappa shape index (κ3) is 5.58. The molecule has 3 rings (SSSR count). The fourth-order valence-electron chi connectivity index (χ4n) is 2.48. The van der Waals surface area contributed by atoms with Gasteiger partial charge in [0.15, 0.2) is 5.16 Å². The number of carbonyl (C=O) groups is 1. The van der Waals surface area contributed by atoms with Crippen molar-refractivity contribution in [3.63, 3.8) is 0 Å². The highest BCUT2D eigenvalue weighted by molar-refractivity contribution is 7.99. The number of nitrogen functional groups attached to an aromatic ring is 1. The number of halogens is 1. The average Bonchev–Trinajstić information content (AvgIpc) is 2.68. The molecule has 3 N–H and O–H groups in total. The Kier molecular flexibility index (Phi) is 6.67. The second-order valence-electron chi connectivity index (χ2n) is 5.89. The lowest BCUT2D eigenvalue weighted by Crippen LogP contribution is -2.20. The number of thioether (sulfide) groups is 1. The summed E-state index contributed by atoms with van der Waals surface area (Å²) in [4.78, 5) is 32.0. The molecule has 0 radical (unpaired) electrons. The molecule has 3 aromatic rings. The van der Waals surface area contributed by atoms with Gasteiger partial charge in [-0.25, -0.2) is 4.98 Å². The number of hydrogen-bond acceptors (Lipinski definition) is 6. The summed E-state index contributed by atoms with van der Waals surface area (Å²) >= 11 is 6.93. The molecule has 0 saturated heterocycles. The van der Waals surface area contributed by atoms with E-state index in [9.17, 15) is 9.59 Å². The highest BCUT2D eigenvalue weighted by Crippen LogP contribution is 2.19. The van der Waals surface area contributed by atoms with E-state index in [-0.39, 0.29) is 11.7 Å². The quantitative estimate of drug-likeness (QED) is 0.454. The Morgan fingerprint density at radius 1 is 1.21 bits per heavy atom. The predicted octanol–water partition coefficient (Wildman–Crippen LogP) is 2.85. The van der Waals surface area contributed by atoms with Crippen molar-refractivity contribution in [2.24, 2.45) is 0 Å². The van der Waals surface area contributed by atoms with Crippen LogP contribution in [0.3, 0.4) is 0 Å². The van der Waals surface area contributed by atoms with Crippen LogP contribution in [0.5, 0.6) is 0 Å². The van der Waals surface area contributed by atoms with Gasteiger partial charge in [0.25, 0.3) is 5.56 Å². The molecule has 0 saturated carbocycles. The van der Waals surface area contributed by atoms with Gasteiger partial charge >= 0.3 is 0 Å². The van der Waals surface area contributed by atoms with Crippen LogP contribution in [0.15, 0.2) is 64.7 Å². The summed E-state index contributed by atoms with van der Waals surface area (Å²) in [5, 5.41) is 3.56. The fourth-order valence-corrected chi connectivity index (χ4v) is 3.43. The third-order valence-corrected chi connectivity index (χ3v) is 5.01. The van der Waals surface area contributed by atoms with Crippen molar-refractivity contribution < 1.29 is 4.79 Å². The lowest BCUT2D eigenvalue weighted by molar-refractivity contribution is -0.113. The number of rotatable bonds is 7. The number of aromatic nitrogens is 3. The SMILES string of the molecule is Nc1cc(=O)nc(SCC(=O)Nc2ccc(Cl)cn2)n1CCc1ccccc1. The summed E-state index contributed by atoms with van der Waals surface area (Å²) < 4.78 is 1.74. The molecule has 1 amide bonds. The molecule has 0 aliphatic heterocycles. The molecule has 28 heavy (non-hydrogen) atoms. The van der Waals surface area contributed by atoms with Crippen molar-refractivity contribution in [3.8, 4) is 0 Å². The maximum Gasteiger partial charge on any atom is 0.275 e. The van der Waals surface area contributed by atoms with Crippen molar-refractivity contribution in [2.45, 2.75) is 18.1 Å². The maximum absolute atomic E-state index is 12.2. The number of hydrogen-bond donors (Lipinski definition) is 2. The maximum atomic E-state index is 12.2. The summed E-state index contributed by atoms with van der Waals surface area (Å²) in [5.74, 6) is 0.507. The second-order valence-corrected chi connectivity index (χ2v) is 7.27. The molecular weight excluding hydrogens is 398 g/mol. The molecule has 0 aliphatic rings. The topological polar surface area (TPSA) is 103 Å². The van der Waals surface area contributed by atoms with Crippen molar-refractivity contribution in [3.05, 3.63) is 75.7 Å². The zero-order chi connectivity index (χ0) is 19.9. The van der Waals surface area contributed by atoms with E-state index in [2.05, 4.69) is 15.3 Å². The Morgan fingerprint density at radius 2 is 2.00 bits per heavy atom. The first-order valence-corrected chi connectivity index (χ1v) is 9.83. The standard InChI is InChI=1S/C19H18ClN5O2S/c20-14-6-7-16(22-11-14)23-18(27)12-28-19-24-17(26)10-15(21)25(19)9-8-13-4-2-1-3-5-13/h1-7,10-11H,8-9,12,21H2,(H,22,23,27). The van der Waals surface area contributed by atoms with E-state index in [1.54, 1.807) is 16.7 Å². The van der Waals surface area contributed by atoms with Gasteiger partial charge < -0.3 is 15.6 Å². The number of nitrogens with zero attached hydrogens (tertiary/aromatic N) is 3. The molecule has 0 spiro atoms. The number of benzene rings is 1.